The van der Waals surface area contributed by atoms with E-state index in [2.05, 4.69) is 25.8 Å². The molecule has 0 aliphatic carbocycles. The monoisotopic (exact) mass is 259 g/mol. The molecule has 2 rings (SSSR count). The highest BCUT2D eigenvalue weighted by atomic mass is 16.2. The summed E-state index contributed by atoms with van der Waals surface area (Å²) in [4.78, 5) is 18.3. The minimum absolute atomic E-state index is 0.0377. The highest BCUT2D eigenvalue weighted by molar-refractivity contribution is 6.03. The lowest BCUT2D eigenvalue weighted by atomic mass is 9.95. The van der Waals surface area contributed by atoms with Crippen LogP contribution in [0.3, 0.4) is 0 Å². The molecule has 2 N–H and O–H groups in total. The third-order valence-electron chi connectivity index (χ3n) is 3.01. The molecule has 1 aromatic carbocycles. The molecule has 0 radical (unpaired) electrons. The molecule has 1 amide bonds. The van der Waals surface area contributed by atoms with E-state index in [1.54, 1.807) is 6.21 Å². The molecule has 0 bridgehead atoms. The SMILES string of the molecule is CC(C)(C)CN1C(=O)CN=Cc2ccc(CN)cc21. The number of amides is 1. The van der Waals surface area contributed by atoms with Gasteiger partial charge in [-0.3, -0.25) is 9.79 Å². The summed E-state index contributed by atoms with van der Waals surface area (Å²) in [5, 5.41) is 0. The Bertz CT molecular complexity index is 515. The zero-order valence-electron chi connectivity index (χ0n) is 11.8. The molecule has 19 heavy (non-hydrogen) atoms. The van der Waals surface area contributed by atoms with E-state index < -0.39 is 0 Å². The van der Waals surface area contributed by atoms with Gasteiger partial charge in [0.1, 0.15) is 6.54 Å². The fourth-order valence-corrected chi connectivity index (χ4v) is 2.15. The molecule has 4 nitrogen and oxygen atoms in total. The van der Waals surface area contributed by atoms with Crippen LogP contribution >= 0.6 is 0 Å². The quantitative estimate of drug-likeness (QED) is 0.882. The Labute approximate surface area is 114 Å². The average Bonchev–Trinajstić information content (AvgIpc) is 2.48. The summed E-state index contributed by atoms with van der Waals surface area (Å²) in [6, 6.07) is 5.96. The van der Waals surface area contributed by atoms with Crippen LogP contribution < -0.4 is 10.6 Å². The summed E-state index contributed by atoms with van der Waals surface area (Å²) in [7, 11) is 0. The van der Waals surface area contributed by atoms with E-state index in [0.717, 1.165) is 16.8 Å². The van der Waals surface area contributed by atoms with Gasteiger partial charge in [-0.1, -0.05) is 32.9 Å². The van der Waals surface area contributed by atoms with Crippen LogP contribution in [0.1, 0.15) is 31.9 Å². The highest BCUT2D eigenvalue weighted by Crippen LogP contribution is 2.27. The number of benzene rings is 1. The minimum atomic E-state index is 0.0377. The summed E-state index contributed by atoms with van der Waals surface area (Å²) < 4.78 is 0. The Hall–Kier alpha value is -1.68. The maximum atomic E-state index is 12.2. The van der Waals surface area contributed by atoms with Gasteiger partial charge < -0.3 is 10.6 Å². The summed E-state index contributed by atoms with van der Waals surface area (Å²) in [6.45, 7) is 7.73. The number of nitrogens with two attached hydrogens (primary N) is 1. The topological polar surface area (TPSA) is 58.7 Å². The first-order valence-electron chi connectivity index (χ1n) is 6.54. The van der Waals surface area contributed by atoms with Gasteiger partial charge in [0.05, 0.1) is 5.69 Å². The predicted molar refractivity (Wildman–Crippen MR) is 78.6 cm³/mol. The lowest BCUT2D eigenvalue weighted by molar-refractivity contribution is -0.117. The van der Waals surface area contributed by atoms with Gasteiger partial charge in [0.2, 0.25) is 5.91 Å². The first kappa shape index (κ1) is 13.7. The Kier molecular flexibility index (Phi) is 3.71. The molecule has 0 saturated heterocycles. The maximum Gasteiger partial charge on any atom is 0.248 e. The van der Waals surface area contributed by atoms with Crippen molar-refractivity contribution >= 4 is 17.8 Å². The van der Waals surface area contributed by atoms with Crippen LogP contribution in [0.4, 0.5) is 5.69 Å². The van der Waals surface area contributed by atoms with E-state index in [0.29, 0.717) is 13.1 Å². The van der Waals surface area contributed by atoms with Crippen LogP contribution in [0, 0.1) is 5.41 Å². The molecular formula is C15H21N3O. The van der Waals surface area contributed by atoms with Crippen molar-refractivity contribution in [3.8, 4) is 0 Å². The van der Waals surface area contributed by atoms with E-state index >= 15 is 0 Å². The Morgan fingerprint density at radius 3 is 2.74 bits per heavy atom. The smallest absolute Gasteiger partial charge is 0.248 e. The predicted octanol–water partition coefficient (Wildman–Crippen LogP) is 1.96. The number of benzodiazepines with no additional fused rings is 1. The first-order valence-corrected chi connectivity index (χ1v) is 6.54. The molecule has 0 saturated carbocycles. The Morgan fingerprint density at radius 2 is 2.11 bits per heavy atom. The second-order valence-electron chi connectivity index (χ2n) is 6.11. The van der Waals surface area contributed by atoms with Gasteiger partial charge in [0, 0.05) is 24.9 Å². The largest absolute Gasteiger partial charge is 0.326 e. The summed E-state index contributed by atoms with van der Waals surface area (Å²) in [6.07, 6.45) is 1.77. The lowest BCUT2D eigenvalue weighted by Crippen LogP contribution is -2.39. The summed E-state index contributed by atoms with van der Waals surface area (Å²) >= 11 is 0. The third-order valence-corrected chi connectivity index (χ3v) is 3.01. The molecule has 0 unspecified atom stereocenters. The van der Waals surface area contributed by atoms with Crippen LogP contribution in [0.2, 0.25) is 0 Å². The van der Waals surface area contributed by atoms with Crippen LogP contribution in [-0.2, 0) is 11.3 Å². The normalized spacial score (nSPS) is 15.4. The molecule has 1 aliphatic rings. The summed E-state index contributed by atoms with van der Waals surface area (Å²) in [5.41, 5.74) is 8.66. The van der Waals surface area contributed by atoms with Gasteiger partial charge >= 0.3 is 0 Å². The number of carbonyl (C=O) groups is 1. The average molecular weight is 259 g/mol. The number of aliphatic imine (C=N–C) groups is 1. The second-order valence-corrected chi connectivity index (χ2v) is 6.11. The lowest BCUT2D eigenvalue weighted by Gasteiger charge is -2.30. The van der Waals surface area contributed by atoms with Crippen molar-refractivity contribution in [2.45, 2.75) is 27.3 Å². The standard InChI is InChI=1S/C15H21N3O/c1-15(2,3)10-18-13-6-11(7-16)4-5-12(13)8-17-9-14(18)19/h4-6,8H,7,9-10,16H2,1-3H3. The van der Waals surface area contributed by atoms with E-state index in [1.807, 2.05) is 23.1 Å². The fraction of sp³-hybridized carbons (Fsp3) is 0.467. The number of anilines is 1. The van der Waals surface area contributed by atoms with Crippen molar-refractivity contribution in [2.24, 2.45) is 16.1 Å². The van der Waals surface area contributed by atoms with Gasteiger partial charge in [-0.15, -0.1) is 0 Å². The Morgan fingerprint density at radius 1 is 1.37 bits per heavy atom. The molecule has 1 heterocycles. The molecule has 4 heteroatoms. The second kappa shape index (κ2) is 5.13. The van der Waals surface area contributed by atoms with E-state index in [1.165, 1.54) is 0 Å². The van der Waals surface area contributed by atoms with E-state index in [-0.39, 0.29) is 17.9 Å². The van der Waals surface area contributed by atoms with Crippen molar-refractivity contribution in [3.05, 3.63) is 29.3 Å². The number of nitrogens with zero attached hydrogens (tertiary/aromatic N) is 2. The number of hydrogen-bond donors (Lipinski definition) is 1. The molecule has 1 aliphatic heterocycles. The molecule has 0 atom stereocenters. The van der Waals surface area contributed by atoms with Gasteiger partial charge in [-0.25, -0.2) is 0 Å². The van der Waals surface area contributed by atoms with Crippen LogP contribution in [-0.4, -0.2) is 25.2 Å². The van der Waals surface area contributed by atoms with E-state index in [9.17, 15) is 4.79 Å². The van der Waals surface area contributed by atoms with Gasteiger partial charge in [0.25, 0.3) is 0 Å². The molecule has 0 spiro atoms. The Balaban J connectivity index is 2.46. The van der Waals surface area contributed by atoms with Crippen LogP contribution in [0.5, 0.6) is 0 Å². The number of carbonyl (C=O) groups excluding carboxylic acids is 1. The fourth-order valence-electron chi connectivity index (χ4n) is 2.15. The van der Waals surface area contributed by atoms with Crippen molar-refractivity contribution in [3.63, 3.8) is 0 Å². The van der Waals surface area contributed by atoms with Crippen LogP contribution in [0.25, 0.3) is 0 Å². The third kappa shape index (κ3) is 3.20. The molecule has 1 aromatic rings. The van der Waals surface area contributed by atoms with Crippen molar-refractivity contribution in [2.75, 3.05) is 18.0 Å². The number of rotatable bonds is 2. The van der Waals surface area contributed by atoms with E-state index in [4.69, 9.17) is 5.73 Å². The van der Waals surface area contributed by atoms with Crippen molar-refractivity contribution in [1.29, 1.82) is 0 Å². The van der Waals surface area contributed by atoms with Gasteiger partial charge in [-0.2, -0.15) is 0 Å². The number of fused-ring (bicyclic) bond motifs is 1. The number of hydrogen-bond acceptors (Lipinski definition) is 3. The summed E-state index contributed by atoms with van der Waals surface area (Å²) in [5.74, 6) is 0.0408. The molecule has 0 aromatic heterocycles. The molecular weight excluding hydrogens is 238 g/mol. The minimum Gasteiger partial charge on any atom is -0.326 e. The zero-order chi connectivity index (χ0) is 14.0. The van der Waals surface area contributed by atoms with Crippen molar-refractivity contribution in [1.82, 2.24) is 0 Å². The molecule has 102 valence electrons. The molecule has 0 fully saturated rings. The van der Waals surface area contributed by atoms with Gasteiger partial charge in [0.15, 0.2) is 0 Å². The zero-order valence-corrected chi connectivity index (χ0v) is 11.8. The van der Waals surface area contributed by atoms with Crippen molar-refractivity contribution < 1.29 is 4.79 Å². The van der Waals surface area contributed by atoms with Crippen LogP contribution in [0.15, 0.2) is 23.2 Å². The first-order chi connectivity index (χ1) is 8.90. The maximum absolute atomic E-state index is 12.2. The van der Waals surface area contributed by atoms with Gasteiger partial charge in [-0.05, 0) is 17.0 Å². The highest BCUT2D eigenvalue weighted by Gasteiger charge is 2.25.